The third-order valence-electron chi connectivity index (χ3n) is 5.63. The molecule has 10 atom stereocenters. The van der Waals surface area contributed by atoms with E-state index in [1.807, 2.05) is 0 Å². The van der Waals surface area contributed by atoms with Gasteiger partial charge in [-0.25, -0.2) is 0 Å². The van der Waals surface area contributed by atoms with Crippen molar-refractivity contribution >= 4 is 24.4 Å². The zero-order valence-electron chi connectivity index (χ0n) is 19.3. The molecule has 0 aromatic heterocycles. The second-order valence-corrected chi connectivity index (χ2v) is 8.74. The van der Waals surface area contributed by atoms with E-state index in [1.165, 1.54) is 6.92 Å². The first kappa shape index (κ1) is 30.1. The molecule has 8 N–H and O–H groups in total. The molecule has 2 aliphatic rings. The Kier molecular flexibility index (Phi) is 12.5. The van der Waals surface area contributed by atoms with E-state index < -0.39 is 80.5 Å². The number of hydrogen-bond donors (Lipinski definition) is 9. The number of carbonyl (C=O) groups is 2. The van der Waals surface area contributed by atoms with E-state index in [0.717, 1.165) is 0 Å². The van der Waals surface area contributed by atoms with Crippen molar-refractivity contribution in [3.8, 4) is 0 Å². The van der Waals surface area contributed by atoms with Crippen LogP contribution in [0, 0.1) is 0 Å². The summed E-state index contributed by atoms with van der Waals surface area (Å²) in [6, 6.07) is -1.18. The molecule has 2 rings (SSSR count). The summed E-state index contributed by atoms with van der Waals surface area (Å²) in [6.07, 6.45) is -12.4. The van der Waals surface area contributed by atoms with Gasteiger partial charge in [-0.05, 0) is 12.2 Å². The quantitative estimate of drug-likeness (QED) is 0.0867. The maximum absolute atomic E-state index is 11.7. The maximum atomic E-state index is 11.7. The highest BCUT2D eigenvalue weighted by Crippen LogP contribution is 2.29. The van der Waals surface area contributed by atoms with E-state index in [1.54, 1.807) is 0 Å². The van der Waals surface area contributed by atoms with E-state index in [4.69, 9.17) is 18.9 Å². The van der Waals surface area contributed by atoms with Gasteiger partial charge in [0.1, 0.15) is 48.8 Å². The largest absolute Gasteiger partial charge is 0.394 e. The van der Waals surface area contributed by atoms with Crippen molar-refractivity contribution in [3.63, 3.8) is 0 Å². The van der Waals surface area contributed by atoms with Gasteiger partial charge in [0.05, 0.1) is 19.8 Å². The molecule has 204 valence electrons. The van der Waals surface area contributed by atoms with Crippen molar-refractivity contribution in [3.05, 3.63) is 0 Å². The van der Waals surface area contributed by atoms with Crippen LogP contribution in [0.1, 0.15) is 19.8 Å². The van der Waals surface area contributed by atoms with Crippen LogP contribution in [0.5, 0.6) is 0 Å². The van der Waals surface area contributed by atoms with Crippen LogP contribution in [-0.2, 0) is 28.5 Å². The van der Waals surface area contributed by atoms with Crippen molar-refractivity contribution in [2.24, 2.45) is 0 Å². The van der Waals surface area contributed by atoms with Gasteiger partial charge in [0, 0.05) is 19.9 Å². The van der Waals surface area contributed by atoms with Gasteiger partial charge in [0.15, 0.2) is 12.6 Å². The fourth-order valence-electron chi connectivity index (χ4n) is 3.79. The number of rotatable bonds is 12. The maximum Gasteiger partial charge on any atom is 0.220 e. The molecule has 2 saturated heterocycles. The molecule has 0 radical (unpaired) electrons. The lowest BCUT2D eigenvalue weighted by Crippen LogP contribution is -2.67. The molecule has 0 unspecified atom stereocenters. The summed E-state index contributed by atoms with van der Waals surface area (Å²) in [7, 11) is 0. The zero-order valence-corrected chi connectivity index (χ0v) is 20.2. The number of thiol groups is 1. The molecule has 0 spiro atoms. The Bertz CT molecular complexity index is 674. The van der Waals surface area contributed by atoms with Crippen LogP contribution in [0.3, 0.4) is 0 Å². The minimum absolute atomic E-state index is 0.0313. The number of nitrogens with one attached hydrogen (secondary N) is 2. The molecule has 0 aromatic rings. The predicted octanol–water partition coefficient (Wildman–Crippen LogP) is -4.40. The van der Waals surface area contributed by atoms with Gasteiger partial charge in [-0.1, -0.05) is 0 Å². The minimum Gasteiger partial charge on any atom is -0.394 e. The first-order chi connectivity index (χ1) is 16.6. The standard InChI is InChI=1S/C20H36N2O12S/c1-9(25)22-13-15(28)18(34-20-17(30)16(29)14(27)10(7-23)32-20)11(8-24)33-19(13)31-5-4-21-12(26)3-2-6-35/h10-11,13-20,23-24,27-30,35H,2-8H2,1H3,(H,21,26)(H,22,25)/t10-,11-,13-,14+,15-,16+,17-,18-,19-,20+/m1/s1. The summed E-state index contributed by atoms with van der Waals surface area (Å²) < 4.78 is 22.2. The second-order valence-electron chi connectivity index (χ2n) is 8.29. The van der Waals surface area contributed by atoms with Crippen molar-refractivity contribution < 1.29 is 59.2 Å². The molecule has 0 saturated carbocycles. The zero-order chi connectivity index (χ0) is 26.1. The Morgan fingerprint density at radius 2 is 1.60 bits per heavy atom. The van der Waals surface area contributed by atoms with E-state index in [9.17, 15) is 40.2 Å². The number of aliphatic hydroxyl groups is 6. The Labute approximate surface area is 207 Å². The van der Waals surface area contributed by atoms with Gasteiger partial charge in [-0.15, -0.1) is 0 Å². The summed E-state index contributed by atoms with van der Waals surface area (Å²) >= 11 is 4.04. The molecule has 35 heavy (non-hydrogen) atoms. The average molecular weight is 529 g/mol. The van der Waals surface area contributed by atoms with Crippen LogP contribution in [0.25, 0.3) is 0 Å². The lowest BCUT2D eigenvalue weighted by molar-refractivity contribution is -0.348. The molecule has 0 bridgehead atoms. The third-order valence-corrected chi connectivity index (χ3v) is 5.95. The fraction of sp³-hybridized carbons (Fsp3) is 0.900. The van der Waals surface area contributed by atoms with Gasteiger partial charge >= 0.3 is 0 Å². The van der Waals surface area contributed by atoms with E-state index in [2.05, 4.69) is 23.3 Å². The Morgan fingerprint density at radius 3 is 2.20 bits per heavy atom. The molecule has 2 amide bonds. The SMILES string of the molecule is CC(=O)N[C@H]1[C@H](OCCNC(=O)CCCS)O[C@H](CO)[C@@H](O[C@@H]2O[C@H](CO)[C@H](O)[C@H](O)[C@H]2O)[C@@H]1O. The van der Waals surface area contributed by atoms with Gasteiger partial charge in [0.25, 0.3) is 0 Å². The molecule has 14 nitrogen and oxygen atoms in total. The minimum atomic E-state index is -1.75. The smallest absolute Gasteiger partial charge is 0.220 e. The molecule has 0 aromatic carbocycles. The third kappa shape index (κ3) is 8.19. The van der Waals surface area contributed by atoms with Crippen molar-refractivity contribution in [1.29, 1.82) is 0 Å². The topological polar surface area (TPSA) is 216 Å². The highest BCUT2D eigenvalue weighted by atomic mass is 32.1. The number of amides is 2. The van der Waals surface area contributed by atoms with Crippen LogP contribution in [-0.4, -0.2) is 136 Å². The van der Waals surface area contributed by atoms with E-state index in [0.29, 0.717) is 18.6 Å². The van der Waals surface area contributed by atoms with Crippen molar-refractivity contribution in [2.45, 2.75) is 81.1 Å². The van der Waals surface area contributed by atoms with Gasteiger partial charge in [-0.2, -0.15) is 12.6 Å². The Morgan fingerprint density at radius 1 is 0.943 bits per heavy atom. The summed E-state index contributed by atoms with van der Waals surface area (Å²) in [4.78, 5) is 23.4. The molecule has 15 heteroatoms. The van der Waals surface area contributed by atoms with Crippen LogP contribution in [0.2, 0.25) is 0 Å². The highest BCUT2D eigenvalue weighted by molar-refractivity contribution is 7.80. The van der Waals surface area contributed by atoms with Gasteiger partial charge in [-0.3, -0.25) is 9.59 Å². The monoisotopic (exact) mass is 528 g/mol. The van der Waals surface area contributed by atoms with E-state index in [-0.39, 0.29) is 19.1 Å². The lowest BCUT2D eigenvalue weighted by Gasteiger charge is -2.47. The highest BCUT2D eigenvalue weighted by Gasteiger charge is 2.51. The molecule has 2 aliphatic heterocycles. The predicted molar refractivity (Wildman–Crippen MR) is 120 cm³/mol. The number of ether oxygens (including phenoxy) is 4. The molecular formula is C20H36N2O12S. The first-order valence-corrected chi connectivity index (χ1v) is 11.9. The number of hydrogen-bond acceptors (Lipinski definition) is 13. The molecule has 2 heterocycles. The van der Waals surface area contributed by atoms with Crippen molar-refractivity contribution in [1.82, 2.24) is 10.6 Å². The van der Waals surface area contributed by atoms with Gasteiger partial charge < -0.3 is 60.2 Å². The normalized spacial score (nSPS) is 37.6. The summed E-state index contributed by atoms with van der Waals surface area (Å²) in [5.41, 5.74) is 0. The van der Waals surface area contributed by atoms with Crippen LogP contribution >= 0.6 is 12.6 Å². The Hall–Kier alpha value is -1.11. The second kappa shape index (κ2) is 14.6. The number of carbonyl (C=O) groups excluding carboxylic acids is 2. The summed E-state index contributed by atoms with van der Waals surface area (Å²) in [6.45, 7) is -0.0456. The summed E-state index contributed by atoms with van der Waals surface area (Å²) in [5.74, 6) is -0.141. The van der Waals surface area contributed by atoms with E-state index >= 15 is 0 Å². The Balaban J connectivity index is 2.06. The van der Waals surface area contributed by atoms with Crippen LogP contribution in [0.4, 0.5) is 0 Å². The van der Waals surface area contributed by atoms with Crippen LogP contribution < -0.4 is 10.6 Å². The first-order valence-electron chi connectivity index (χ1n) is 11.3. The van der Waals surface area contributed by atoms with Gasteiger partial charge in [0.2, 0.25) is 11.8 Å². The molecule has 0 aliphatic carbocycles. The average Bonchev–Trinajstić information content (AvgIpc) is 2.83. The molecule has 2 fully saturated rings. The number of aliphatic hydroxyl groups excluding tert-OH is 6. The van der Waals surface area contributed by atoms with Crippen LogP contribution in [0.15, 0.2) is 0 Å². The summed E-state index contributed by atoms with van der Waals surface area (Å²) in [5, 5.41) is 65.4. The molecular weight excluding hydrogens is 492 g/mol. The fourth-order valence-corrected chi connectivity index (χ4v) is 3.95. The lowest BCUT2D eigenvalue weighted by atomic mass is 9.95. The van der Waals surface area contributed by atoms with Crippen molar-refractivity contribution in [2.75, 3.05) is 32.1 Å².